The van der Waals surface area contributed by atoms with Crippen LogP contribution in [-0.2, 0) is 0 Å². The van der Waals surface area contributed by atoms with E-state index in [2.05, 4.69) is 20.8 Å². The third-order valence-corrected chi connectivity index (χ3v) is 8.33. The fourth-order valence-corrected chi connectivity index (χ4v) is 6.37. The first-order chi connectivity index (χ1) is 12.3. The molecule has 0 N–H and O–H groups in total. The molecule has 0 aliphatic rings. The Balaban J connectivity index is 0. The Morgan fingerprint density at radius 2 is 0.577 bits per heavy atom. The summed E-state index contributed by atoms with van der Waals surface area (Å²) in [4.78, 5) is 0. The number of hydrogen-bond acceptors (Lipinski definition) is 0. The molecule has 0 aliphatic heterocycles. The van der Waals surface area contributed by atoms with Crippen LogP contribution in [-0.4, -0.2) is 48.0 Å². The molecule has 0 unspecified atom stereocenters. The van der Waals surface area contributed by atoms with Crippen molar-refractivity contribution in [3.63, 3.8) is 0 Å². The maximum atomic E-state index is 2.32. The molecule has 0 spiro atoms. The van der Waals surface area contributed by atoms with E-state index in [0.29, 0.717) is 7.92 Å². The van der Waals surface area contributed by atoms with Crippen molar-refractivity contribution in [2.75, 3.05) is 18.5 Å². The van der Waals surface area contributed by atoms with Gasteiger partial charge in [0.05, 0.1) is 0 Å². The molecule has 0 bridgehead atoms. The quantitative estimate of drug-likeness (QED) is 0.104. The predicted molar refractivity (Wildman–Crippen MR) is 129 cm³/mol. The van der Waals surface area contributed by atoms with Crippen LogP contribution in [0, 0.1) is 0 Å². The van der Waals surface area contributed by atoms with Crippen LogP contribution in [0.15, 0.2) is 0 Å². The summed E-state index contributed by atoms with van der Waals surface area (Å²) in [5, 5.41) is 0. The second kappa shape index (κ2) is 26.4. The third kappa shape index (κ3) is 23.5. The van der Waals surface area contributed by atoms with Crippen molar-refractivity contribution < 1.29 is 0 Å². The van der Waals surface area contributed by atoms with E-state index in [1.54, 1.807) is 18.5 Å². The topological polar surface area (TPSA) is 0 Å². The van der Waals surface area contributed by atoms with Gasteiger partial charge < -0.3 is 0 Å². The summed E-state index contributed by atoms with van der Waals surface area (Å²) in [5.41, 5.74) is 0. The monoisotopic (exact) mass is 394 g/mol. The van der Waals surface area contributed by atoms with Gasteiger partial charge in [0.2, 0.25) is 0 Å². The molecule has 0 radical (unpaired) electrons. The maximum absolute atomic E-state index is 2.32. The van der Waals surface area contributed by atoms with Crippen LogP contribution in [0.3, 0.4) is 0 Å². The second-order valence-electron chi connectivity index (χ2n) is 8.14. The Bertz CT molecular complexity index is 194. The molecular weight excluding hydrogens is 342 g/mol. The number of hydrogen-bond donors (Lipinski definition) is 0. The third-order valence-electron chi connectivity index (χ3n) is 5.48. The van der Waals surface area contributed by atoms with Crippen LogP contribution in [0.1, 0.15) is 136 Å². The van der Waals surface area contributed by atoms with Gasteiger partial charge in [0, 0.05) is 0 Å². The van der Waals surface area contributed by atoms with Gasteiger partial charge >= 0.3 is 29.6 Å². The molecule has 2 heteroatoms. The van der Waals surface area contributed by atoms with Crippen LogP contribution in [0.5, 0.6) is 0 Å². The molecule has 0 fully saturated rings. The summed E-state index contributed by atoms with van der Waals surface area (Å²) in [7, 11) is 0.366. The molecular formula is C24H52NaP. The van der Waals surface area contributed by atoms with Gasteiger partial charge in [-0.3, -0.25) is 0 Å². The van der Waals surface area contributed by atoms with Gasteiger partial charge in [-0.25, -0.2) is 0 Å². The molecule has 0 nitrogen and oxygen atoms in total. The Hall–Kier alpha value is 1.43. The molecule has 154 valence electrons. The summed E-state index contributed by atoms with van der Waals surface area (Å²) in [6, 6.07) is 0. The molecule has 0 aromatic carbocycles. The van der Waals surface area contributed by atoms with Crippen LogP contribution in [0.4, 0.5) is 0 Å². The van der Waals surface area contributed by atoms with Crippen molar-refractivity contribution in [2.24, 2.45) is 0 Å². The number of rotatable bonds is 21. The molecule has 0 aliphatic carbocycles. The molecule has 0 aromatic heterocycles. The summed E-state index contributed by atoms with van der Waals surface area (Å²) < 4.78 is 0. The van der Waals surface area contributed by atoms with Crippen LogP contribution >= 0.6 is 7.92 Å². The van der Waals surface area contributed by atoms with Crippen molar-refractivity contribution in [3.05, 3.63) is 0 Å². The molecule has 26 heavy (non-hydrogen) atoms. The van der Waals surface area contributed by atoms with Gasteiger partial charge in [-0.05, 0) is 37.7 Å². The van der Waals surface area contributed by atoms with Crippen molar-refractivity contribution >= 4 is 37.5 Å². The molecule has 0 saturated carbocycles. The van der Waals surface area contributed by atoms with Gasteiger partial charge in [0.15, 0.2) is 0 Å². The van der Waals surface area contributed by atoms with E-state index in [4.69, 9.17) is 0 Å². The van der Waals surface area contributed by atoms with E-state index in [0.717, 1.165) is 0 Å². The summed E-state index contributed by atoms with van der Waals surface area (Å²) in [6.07, 6.45) is 31.2. The zero-order valence-corrected chi connectivity index (χ0v) is 19.2. The number of unbranched alkanes of at least 4 members (excludes halogenated alkanes) is 15. The van der Waals surface area contributed by atoms with Gasteiger partial charge in [-0.1, -0.05) is 117 Å². The van der Waals surface area contributed by atoms with Crippen molar-refractivity contribution in [1.29, 1.82) is 0 Å². The van der Waals surface area contributed by atoms with E-state index in [9.17, 15) is 0 Å². The Kier molecular flexibility index (Phi) is 30.1. The summed E-state index contributed by atoms with van der Waals surface area (Å²) in [5.74, 6) is 0. The molecule has 0 saturated heterocycles. The van der Waals surface area contributed by atoms with Gasteiger partial charge in [0.25, 0.3) is 0 Å². The Morgan fingerprint density at radius 3 is 0.846 bits per heavy atom. The average molecular weight is 395 g/mol. The second-order valence-corrected chi connectivity index (χ2v) is 10.8. The Labute approximate surface area is 191 Å². The van der Waals surface area contributed by atoms with E-state index in [1.807, 2.05) is 0 Å². The van der Waals surface area contributed by atoms with Crippen molar-refractivity contribution in [1.82, 2.24) is 0 Å². The minimum atomic E-state index is 0. The summed E-state index contributed by atoms with van der Waals surface area (Å²) in [6.45, 7) is 6.96. The Morgan fingerprint density at radius 1 is 0.346 bits per heavy atom. The standard InChI is InChI=1S/C24H51P.Na.H/c1-4-7-10-13-16-19-22-25(23-20-17-14-11-8-5-2)24-21-18-15-12-9-6-3;;/h4-24H2,1-3H3;;. The summed E-state index contributed by atoms with van der Waals surface area (Å²) >= 11 is 0. The van der Waals surface area contributed by atoms with Crippen LogP contribution < -0.4 is 0 Å². The van der Waals surface area contributed by atoms with Gasteiger partial charge in [-0.2, -0.15) is 0 Å². The molecule has 0 atom stereocenters. The minimum absolute atomic E-state index is 0. The molecule has 0 rings (SSSR count). The van der Waals surface area contributed by atoms with Gasteiger partial charge in [0.1, 0.15) is 0 Å². The fraction of sp³-hybridized carbons (Fsp3) is 1.00. The first kappa shape index (κ1) is 29.6. The SMILES string of the molecule is CCCCCCCCP(CCCCCCCC)CCCCCCCC.[NaH]. The zero-order chi connectivity index (χ0) is 18.4. The predicted octanol–water partition coefficient (Wildman–Crippen LogP) is 8.90. The van der Waals surface area contributed by atoms with Crippen molar-refractivity contribution in [3.8, 4) is 0 Å². The first-order valence-corrected chi connectivity index (χ1v) is 14.0. The van der Waals surface area contributed by atoms with E-state index in [-0.39, 0.29) is 29.6 Å². The molecule has 0 heterocycles. The normalized spacial score (nSPS) is 11.1. The first-order valence-electron chi connectivity index (χ1n) is 12.1. The van der Waals surface area contributed by atoms with E-state index in [1.165, 1.54) is 116 Å². The zero-order valence-electron chi connectivity index (χ0n) is 18.3. The van der Waals surface area contributed by atoms with E-state index < -0.39 is 0 Å². The average Bonchev–Trinajstić information content (AvgIpc) is 2.63. The molecule has 0 amide bonds. The van der Waals surface area contributed by atoms with Crippen molar-refractivity contribution in [2.45, 2.75) is 136 Å². The fourth-order valence-electron chi connectivity index (χ4n) is 3.68. The van der Waals surface area contributed by atoms with Crippen LogP contribution in [0.2, 0.25) is 0 Å². The molecule has 0 aromatic rings. The van der Waals surface area contributed by atoms with Crippen LogP contribution in [0.25, 0.3) is 0 Å². The van der Waals surface area contributed by atoms with E-state index >= 15 is 0 Å². The van der Waals surface area contributed by atoms with Gasteiger partial charge in [-0.15, -0.1) is 7.92 Å².